The second-order valence-corrected chi connectivity index (χ2v) is 9.79. The lowest BCUT2D eigenvalue weighted by Crippen LogP contribution is -2.27. The highest BCUT2D eigenvalue weighted by Crippen LogP contribution is 2.28. The largest absolute Gasteiger partial charge is 0.325 e. The first-order valence-corrected chi connectivity index (χ1v) is 10.6. The summed E-state index contributed by atoms with van der Waals surface area (Å²) in [7, 11) is -3.42. The fourth-order valence-corrected chi connectivity index (χ4v) is 5.93. The van der Waals surface area contributed by atoms with E-state index in [-0.39, 0.29) is 12.3 Å². The summed E-state index contributed by atoms with van der Waals surface area (Å²) in [6.45, 7) is 3.03. The predicted octanol–water partition coefficient (Wildman–Crippen LogP) is 3.68. The third-order valence-electron chi connectivity index (χ3n) is 4.10. The number of aryl methyl sites for hydroxylation is 1. The van der Waals surface area contributed by atoms with E-state index in [1.807, 2.05) is 13.0 Å². The van der Waals surface area contributed by atoms with E-state index in [9.17, 15) is 13.2 Å². The van der Waals surface area contributed by atoms with Crippen LogP contribution in [0.25, 0.3) is 0 Å². The Morgan fingerprint density at radius 3 is 2.68 bits per heavy atom. The van der Waals surface area contributed by atoms with Gasteiger partial charge in [0.05, 0.1) is 6.42 Å². The second kappa shape index (κ2) is 7.45. The van der Waals surface area contributed by atoms with E-state index in [0.29, 0.717) is 28.0 Å². The van der Waals surface area contributed by atoms with Gasteiger partial charge in [0.1, 0.15) is 4.21 Å². The number of hydrogen-bond acceptors (Lipinski definition) is 4. The van der Waals surface area contributed by atoms with Crippen LogP contribution in [0, 0.1) is 6.92 Å². The van der Waals surface area contributed by atoms with Gasteiger partial charge in [-0.2, -0.15) is 4.31 Å². The molecule has 0 aliphatic carbocycles. The number of amides is 1. The van der Waals surface area contributed by atoms with Gasteiger partial charge in [-0.25, -0.2) is 8.42 Å². The van der Waals surface area contributed by atoms with Crippen molar-refractivity contribution < 1.29 is 13.2 Å². The Kier molecular flexibility index (Phi) is 5.48. The zero-order chi connectivity index (χ0) is 18.0. The molecule has 0 atom stereocenters. The number of carbonyl (C=O) groups is 1. The molecule has 2 aromatic rings. The Balaban J connectivity index is 1.68. The zero-order valence-electron chi connectivity index (χ0n) is 13.8. The van der Waals surface area contributed by atoms with Crippen LogP contribution >= 0.6 is 22.9 Å². The molecule has 5 nitrogen and oxygen atoms in total. The standard InChI is InChI=1S/C17H19ClN2O3S2/c1-12-4-5-13(18)10-15(12)19-16(21)11-14-6-7-17(24-14)25(22,23)20-8-2-3-9-20/h4-7,10H,2-3,8-9,11H2,1H3,(H,19,21). The molecule has 1 fully saturated rings. The molecule has 1 saturated heterocycles. The van der Waals surface area contributed by atoms with Crippen molar-refractivity contribution in [3.8, 4) is 0 Å². The van der Waals surface area contributed by atoms with Crippen molar-refractivity contribution in [2.75, 3.05) is 18.4 Å². The van der Waals surface area contributed by atoms with Gasteiger partial charge in [0.2, 0.25) is 5.91 Å². The smallest absolute Gasteiger partial charge is 0.252 e. The first-order valence-electron chi connectivity index (χ1n) is 8.01. The average Bonchev–Trinajstić information content (AvgIpc) is 3.22. The SMILES string of the molecule is Cc1ccc(Cl)cc1NC(=O)Cc1ccc(S(=O)(=O)N2CCCC2)s1. The third-order valence-corrected chi connectivity index (χ3v) is 7.79. The Morgan fingerprint density at radius 1 is 1.24 bits per heavy atom. The van der Waals surface area contributed by atoms with Gasteiger partial charge < -0.3 is 5.32 Å². The zero-order valence-corrected chi connectivity index (χ0v) is 16.2. The molecule has 1 aliphatic heterocycles. The molecule has 2 heterocycles. The lowest BCUT2D eigenvalue weighted by molar-refractivity contribution is -0.115. The fourth-order valence-electron chi connectivity index (χ4n) is 2.73. The van der Waals surface area contributed by atoms with Gasteiger partial charge in [0.25, 0.3) is 10.0 Å². The topological polar surface area (TPSA) is 66.5 Å². The summed E-state index contributed by atoms with van der Waals surface area (Å²) in [6.07, 6.45) is 1.93. The minimum absolute atomic E-state index is 0.131. The molecule has 134 valence electrons. The summed E-state index contributed by atoms with van der Waals surface area (Å²) in [4.78, 5) is 13.0. The highest BCUT2D eigenvalue weighted by atomic mass is 35.5. The maximum atomic E-state index is 12.5. The van der Waals surface area contributed by atoms with Crippen LogP contribution in [0.15, 0.2) is 34.5 Å². The minimum atomic E-state index is -3.42. The van der Waals surface area contributed by atoms with Crippen LogP contribution in [-0.2, 0) is 21.2 Å². The Labute approximate surface area is 156 Å². The molecule has 0 bridgehead atoms. The van der Waals surface area contributed by atoms with Gasteiger partial charge in [-0.05, 0) is 49.6 Å². The number of nitrogens with zero attached hydrogens (tertiary/aromatic N) is 1. The van der Waals surface area contributed by atoms with Crippen molar-refractivity contribution in [3.63, 3.8) is 0 Å². The number of hydrogen-bond donors (Lipinski definition) is 1. The molecule has 1 aromatic carbocycles. The summed E-state index contributed by atoms with van der Waals surface area (Å²) in [5.41, 5.74) is 1.58. The summed E-state index contributed by atoms with van der Waals surface area (Å²) in [5, 5.41) is 3.38. The number of anilines is 1. The van der Waals surface area contributed by atoms with Gasteiger partial charge >= 0.3 is 0 Å². The van der Waals surface area contributed by atoms with E-state index < -0.39 is 10.0 Å². The van der Waals surface area contributed by atoms with Gasteiger partial charge in [-0.3, -0.25) is 4.79 Å². The highest BCUT2D eigenvalue weighted by molar-refractivity contribution is 7.91. The van der Waals surface area contributed by atoms with Gasteiger partial charge in [-0.1, -0.05) is 17.7 Å². The number of sulfonamides is 1. The molecule has 0 saturated carbocycles. The molecule has 3 rings (SSSR count). The van der Waals surface area contributed by atoms with Gasteiger partial charge in [0.15, 0.2) is 0 Å². The number of rotatable bonds is 5. The minimum Gasteiger partial charge on any atom is -0.325 e. The molecule has 1 aromatic heterocycles. The quantitative estimate of drug-likeness (QED) is 0.835. The van der Waals surface area contributed by atoms with Crippen LogP contribution in [0.2, 0.25) is 5.02 Å². The Hall–Kier alpha value is -1.41. The van der Waals surface area contributed by atoms with E-state index in [0.717, 1.165) is 34.6 Å². The second-order valence-electron chi connectivity index (χ2n) is 6.02. The van der Waals surface area contributed by atoms with Crippen LogP contribution in [0.3, 0.4) is 0 Å². The Bertz CT molecular complexity index is 887. The molecule has 0 spiro atoms. The summed E-state index contributed by atoms with van der Waals surface area (Å²) in [6, 6.07) is 8.60. The van der Waals surface area contributed by atoms with Crippen LogP contribution < -0.4 is 5.32 Å². The van der Waals surface area contributed by atoms with Crippen molar-refractivity contribution in [2.45, 2.75) is 30.4 Å². The third kappa shape index (κ3) is 4.23. The van der Waals surface area contributed by atoms with Crippen molar-refractivity contribution in [3.05, 3.63) is 45.8 Å². The monoisotopic (exact) mass is 398 g/mol. The van der Waals surface area contributed by atoms with Crippen LogP contribution in [-0.4, -0.2) is 31.7 Å². The number of carbonyl (C=O) groups excluding carboxylic acids is 1. The molecule has 1 N–H and O–H groups in total. The van der Waals surface area contributed by atoms with Gasteiger partial charge in [-0.15, -0.1) is 11.3 Å². The maximum absolute atomic E-state index is 12.5. The summed E-state index contributed by atoms with van der Waals surface area (Å²) in [5.74, 6) is -0.197. The highest BCUT2D eigenvalue weighted by Gasteiger charge is 2.28. The fraction of sp³-hybridized carbons (Fsp3) is 0.353. The van der Waals surface area contributed by atoms with Crippen LogP contribution in [0.5, 0.6) is 0 Å². The number of thiophene rings is 1. The van der Waals surface area contributed by atoms with Crippen LogP contribution in [0.4, 0.5) is 5.69 Å². The molecule has 0 unspecified atom stereocenters. The molecule has 0 radical (unpaired) electrons. The molecule has 1 aliphatic rings. The molecular formula is C17H19ClN2O3S2. The average molecular weight is 399 g/mol. The molecule has 8 heteroatoms. The van der Waals surface area contributed by atoms with Gasteiger partial charge in [0, 0.05) is 28.7 Å². The van der Waals surface area contributed by atoms with E-state index in [1.54, 1.807) is 24.3 Å². The molecule has 1 amide bonds. The van der Waals surface area contributed by atoms with E-state index in [1.165, 1.54) is 4.31 Å². The lowest BCUT2D eigenvalue weighted by Gasteiger charge is -2.13. The first kappa shape index (κ1) is 18.4. The number of halogens is 1. The Morgan fingerprint density at radius 2 is 1.96 bits per heavy atom. The van der Waals surface area contributed by atoms with E-state index in [4.69, 9.17) is 11.6 Å². The number of benzene rings is 1. The molecule has 25 heavy (non-hydrogen) atoms. The van der Waals surface area contributed by atoms with Crippen LogP contribution in [0.1, 0.15) is 23.3 Å². The lowest BCUT2D eigenvalue weighted by atomic mass is 10.2. The molecular weight excluding hydrogens is 380 g/mol. The van der Waals surface area contributed by atoms with Crippen molar-refractivity contribution in [1.29, 1.82) is 0 Å². The summed E-state index contributed by atoms with van der Waals surface area (Å²) >= 11 is 7.11. The number of nitrogens with one attached hydrogen (secondary N) is 1. The first-order chi connectivity index (χ1) is 11.9. The van der Waals surface area contributed by atoms with E-state index >= 15 is 0 Å². The maximum Gasteiger partial charge on any atom is 0.252 e. The normalized spacial score (nSPS) is 15.4. The van der Waals surface area contributed by atoms with Crippen molar-refractivity contribution in [1.82, 2.24) is 4.31 Å². The van der Waals surface area contributed by atoms with Crippen molar-refractivity contribution >= 4 is 44.6 Å². The summed E-state index contributed by atoms with van der Waals surface area (Å²) < 4.78 is 26.9. The predicted molar refractivity (Wildman–Crippen MR) is 101 cm³/mol. The van der Waals surface area contributed by atoms with E-state index in [2.05, 4.69) is 5.32 Å². The van der Waals surface area contributed by atoms with Crippen molar-refractivity contribution in [2.24, 2.45) is 0 Å².